The standard InChI is InChI=1S/C19H22BrN3O/c1-14-4-3-5-18(12-14)23-11-10-22(13-15(23)2)19(24)21-17-8-6-16(20)7-9-17/h3-9,12,15H,10-11,13H2,1-2H3,(H,21,24)/t15-/m0/s1. The van der Waals surface area contributed by atoms with Gasteiger partial charge in [-0.3, -0.25) is 0 Å². The van der Waals surface area contributed by atoms with Gasteiger partial charge in [0, 0.05) is 41.5 Å². The first kappa shape index (κ1) is 16.8. The van der Waals surface area contributed by atoms with E-state index in [2.05, 4.69) is 64.3 Å². The lowest BCUT2D eigenvalue weighted by Gasteiger charge is -2.41. The molecule has 2 aromatic rings. The van der Waals surface area contributed by atoms with Crippen molar-refractivity contribution >= 4 is 33.3 Å². The zero-order valence-electron chi connectivity index (χ0n) is 14.0. The second kappa shape index (κ2) is 7.26. The Labute approximate surface area is 151 Å². The highest BCUT2D eigenvalue weighted by atomic mass is 79.9. The van der Waals surface area contributed by atoms with Crippen LogP contribution in [-0.4, -0.2) is 36.6 Å². The fraction of sp³-hybridized carbons (Fsp3) is 0.316. The van der Waals surface area contributed by atoms with Gasteiger partial charge in [0.2, 0.25) is 0 Å². The molecule has 1 N–H and O–H groups in total. The normalized spacial score (nSPS) is 17.7. The summed E-state index contributed by atoms with van der Waals surface area (Å²) in [7, 11) is 0. The lowest BCUT2D eigenvalue weighted by atomic mass is 10.1. The Morgan fingerprint density at radius 3 is 2.58 bits per heavy atom. The van der Waals surface area contributed by atoms with Crippen LogP contribution in [-0.2, 0) is 0 Å². The summed E-state index contributed by atoms with van der Waals surface area (Å²) in [5.74, 6) is 0. The van der Waals surface area contributed by atoms with E-state index in [1.165, 1.54) is 11.3 Å². The molecule has 3 rings (SSSR count). The third-order valence-corrected chi connectivity index (χ3v) is 4.87. The summed E-state index contributed by atoms with van der Waals surface area (Å²) >= 11 is 3.40. The molecule has 1 atom stereocenters. The van der Waals surface area contributed by atoms with Crippen LogP contribution < -0.4 is 10.2 Å². The summed E-state index contributed by atoms with van der Waals surface area (Å²) in [5.41, 5.74) is 3.31. The average molecular weight is 388 g/mol. The summed E-state index contributed by atoms with van der Waals surface area (Å²) in [6.07, 6.45) is 0. The van der Waals surface area contributed by atoms with E-state index in [4.69, 9.17) is 0 Å². The molecule has 0 spiro atoms. The van der Waals surface area contributed by atoms with E-state index < -0.39 is 0 Å². The van der Waals surface area contributed by atoms with Crippen LogP contribution in [0.5, 0.6) is 0 Å². The van der Waals surface area contributed by atoms with Gasteiger partial charge in [-0.15, -0.1) is 0 Å². The topological polar surface area (TPSA) is 35.6 Å². The number of nitrogens with zero attached hydrogens (tertiary/aromatic N) is 2. The first-order valence-electron chi connectivity index (χ1n) is 8.18. The predicted octanol–water partition coefficient (Wildman–Crippen LogP) is 4.50. The molecule has 0 saturated carbocycles. The number of carbonyl (C=O) groups excluding carboxylic acids is 1. The number of rotatable bonds is 2. The van der Waals surface area contributed by atoms with Crippen LogP contribution in [0.25, 0.3) is 0 Å². The van der Waals surface area contributed by atoms with Crippen molar-refractivity contribution in [1.82, 2.24) is 4.90 Å². The van der Waals surface area contributed by atoms with Crippen molar-refractivity contribution in [2.75, 3.05) is 29.9 Å². The molecule has 1 aliphatic heterocycles. The molecule has 5 heteroatoms. The molecule has 0 aliphatic carbocycles. The number of carbonyl (C=O) groups is 1. The minimum atomic E-state index is -0.0342. The number of amides is 2. The number of hydrogen-bond donors (Lipinski definition) is 1. The zero-order valence-corrected chi connectivity index (χ0v) is 15.6. The van der Waals surface area contributed by atoms with Crippen LogP contribution >= 0.6 is 15.9 Å². The number of anilines is 2. The number of nitrogens with one attached hydrogen (secondary N) is 1. The number of urea groups is 1. The summed E-state index contributed by atoms with van der Waals surface area (Å²) in [4.78, 5) is 16.7. The molecule has 1 saturated heterocycles. The fourth-order valence-corrected chi connectivity index (χ4v) is 3.33. The van der Waals surface area contributed by atoms with Crippen LogP contribution in [0.15, 0.2) is 53.0 Å². The predicted molar refractivity (Wildman–Crippen MR) is 103 cm³/mol. The third kappa shape index (κ3) is 3.90. The highest BCUT2D eigenvalue weighted by Crippen LogP contribution is 2.22. The quantitative estimate of drug-likeness (QED) is 0.822. The summed E-state index contributed by atoms with van der Waals surface area (Å²) in [5, 5.41) is 2.97. The van der Waals surface area contributed by atoms with Crippen molar-refractivity contribution < 1.29 is 4.79 Å². The first-order valence-corrected chi connectivity index (χ1v) is 8.97. The highest BCUT2D eigenvalue weighted by molar-refractivity contribution is 9.10. The van der Waals surface area contributed by atoms with E-state index in [1.54, 1.807) is 0 Å². The molecule has 0 unspecified atom stereocenters. The molecular formula is C19H22BrN3O. The summed E-state index contributed by atoms with van der Waals surface area (Å²) in [6.45, 7) is 6.56. The van der Waals surface area contributed by atoms with Gasteiger partial charge < -0.3 is 15.1 Å². The molecule has 1 heterocycles. The Hall–Kier alpha value is -2.01. The molecule has 24 heavy (non-hydrogen) atoms. The van der Waals surface area contributed by atoms with Gasteiger partial charge in [-0.2, -0.15) is 0 Å². The van der Waals surface area contributed by atoms with Crippen molar-refractivity contribution in [1.29, 1.82) is 0 Å². The van der Waals surface area contributed by atoms with Crippen molar-refractivity contribution in [3.05, 3.63) is 58.6 Å². The molecular weight excluding hydrogens is 366 g/mol. The first-order chi connectivity index (χ1) is 11.5. The molecule has 1 fully saturated rings. The molecule has 0 radical (unpaired) electrons. The zero-order chi connectivity index (χ0) is 17.1. The van der Waals surface area contributed by atoms with Crippen molar-refractivity contribution in [3.63, 3.8) is 0 Å². The molecule has 2 aromatic carbocycles. The van der Waals surface area contributed by atoms with E-state index >= 15 is 0 Å². The minimum absolute atomic E-state index is 0.0342. The Kier molecular flexibility index (Phi) is 5.09. The minimum Gasteiger partial charge on any atom is -0.365 e. The van der Waals surface area contributed by atoms with E-state index in [9.17, 15) is 4.79 Å². The molecule has 126 valence electrons. The van der Waals surface area contributed by atoms with Gasteiger partial charge in [0.25, 0.3) is 0 Å². The van der Waals surface area contributed by atoms with Crippen LogP contribution in [0.1, 0.15) is 12.5 Å². The van der Waals surface area contributed by atoms with Gasteiger partial charge in [-0.05, 0) is 55.8 Å². The fourth-order valence-electron chi connectivity index (χ4n) is 3.07. The van der Waals surface area contributed by atoms with Crippen LogP contribution in [0.3, 0.4) is 0 Å². The number of piperazine rings is 1. The number of halogens is 1. The molecule has 0 aromatic heterocycles. The van der Waals surface area contributed by atoms with Crippen LogP contribution in [0.4, 0.5) is 16.2 Å². The number of aryl methyl sites for hydroxylation is 1. The summed E-state index contributed by atoms with van der Waals surface area (Å²) < 4.78 is 1.00. The van der Waals surface area contributed by atoms with Gasteiger partial charge in [-0.1, -0.05) is 28.1 Å². The second-order valence-electron chi connectivity index (χ2n) is 6.26. The lowest BCUT2D eigenvalue weighted by molar-refractivity contribution is 0.200. The monoisotopic (exact) mass is 387 g/mol. The highest BCUT2D eigenvalue weighted by Gasteiger charge is 2.26. The Bertz CT molecular complexity index is 717. The van der Waals surface area contributed by atoms with Crippen molar-refractivity contribution in [2.24, 2.45) is 0 Å². The van der Waals surface area contributed by atoms with Gasteiger partial charge >= 0.3 is 6.03 Å². The van der Waals surface area contributed by atoms with Crippen LogP contribution in [0, 0.1) is 6.92 Å². The number of hydrogen-bond acceptors (Lipinski definition) is 2. The molecule has 4 nitrogen and oxygen atoms in total. The average Bonchev–Trinajstić information content (AvgIpc) is 2.57. The SMILES string of the molecule is Cc1cccc(N2CCN(C(=O)Nc3ccc(Br)cc3)C[C@@H]2C)c1. The molecule has 1 aliphatic rings. The van der Waals surface area contributed by atoms with E-state index in [-0.39, 0.29) is 12.1 Å². The van der Waals surface area contributed by atoms with Gasteiger partial charge in [0.1, 0.15) is 0 Å². The maximum absolute atomic E-state index is 12.5. The van der Waals surface area contributed by atoms with Crippen LogP contribution in [0.2, 0.25) is 0 Å². The lowest BCUT2D eigenvalue weighted by Crippen LogP contribution is -2.54. The van der Waals surface area contributed by atoms with Gasteiger partial charge in [0.15, 0.2) is 0 Å². The van der Waals surface area contributed by atoms with E-state index in [1.807, 2.05) is 29.2 Å². The summed E-state index contributed by atoms with van der Waals surface area (Å²) in [6, 6.07) is 16.4. The largest absolute Gasteiger partial charge is 0.365 e. The Balaban J connectivity index is 1.62. The Morgan fingerprint density at radius 2 is 1.92 bits per heavy atom. The number of benzene rings is 2. The second-order valence-corrected chi connectivity index (χ2v) is 7.18. The van der Waals surface area contributed by atoms with Gasteiger partial charge in [0.05, 0.1) is 0 Å². The maximum atomic E-state index is 12.5. The smallest absolute Gasteiger partial charge is 0.321 e. The molecule has 0 bridgehead atoms. The van der Waals surface area contributed by atoms with E-state index in [0.29, 0.717) is 0 Å². The van der Waals surface area contributed by atoms with E-state index in [0.717, 1.165) is 29.8 Å². The Morgan fingerprint density at radius 1 is 1.17 bits per heavy atom. The van der Waals surface area contributed by atoms with Gasteiger partial charge in [-0.25, -0.2) is 4.79 Å². The third-order valence-electron chi connectivity index (χ3n) is 4.34. The van der Waals surface area contributed by atoms with Crippen molar-refractivity contribution in [3.8, 4) is 0 Å². The van der Waals surface area contributed by atoms with Crippen molar-refractivity contribution in [2.45, 2.75) is 19.9 Å². The molecule has 2 amide bonds. The maximum Gasteiger partial charge on any atom is 0.321 e.